The molecule has 2 aromatic heterocycles. The molecule has 24 heavy (non-hydrogen) atoms. The molecule has 1 atom stereocenters. The molecule has 0 spiro atoms. The van der Waals surface area contributed by atoms with Crippen LogP contribution >= 0.6 is 0 Å². The molecule has 0 aromatic carbocycles. The average Bonchev–Trinajstić information content (AvgIpc) is 2.96. The van der Waals surface area contributed by atoms with Gasteiger partial charge >= 0.3 is 0 Å². The second-order valence-corrected chi connectivity index (χ2v) is 6.92. The lowest BCUT2D eigenvalue weighted by molar-refractivity contribution is 0.489. The van der Waals surface area contributed by atoms with Crippen molar-refractivity contribution >= 4 is 11.6 Å². The summed E-state index contributed by atoms with van der Waals surface area (Å²) in [7, 11) is 1.82. The fraction of sp³-hybridized carbons (Fsp3) is 0.579. The van der Waals surface area contributed by atoms with E-state index in [9.17, 15) is 0 Å². The molecule has 2 aromatic rings. The Morgan fingerprint density at radius 3 is 2.75 bits per heavy atom. The van der Waals surface area contributed by atoms with Gasteiger partial charge in [-0.2, -0.15) is 0 Å². The summed E-state index contributed by atoms with van der Waals surface area (Å²) in [4.78, 5) is 9.02. The van der Waals surface area contributed by atoms with Crippen molar-refractivity contribution in [1.29, 1.82) is 0 Å². The van der Waals surface area contributed by atoms with Crippen LogP contribution in [-0.4, -0.2) is 35.0 Å². The summed E-state index contributed by atoms with van der Waals surface area (Å²) >= 11 is 0. The van der Waals surface area contributed by atoms with E-state index < -0.39 is 0 Å². The molecule has 0 saturated heterocycles. The number of aryl methyl sites for hydroxylation is 1. The van der Waals surface area contributed by atoms with Crippen LogP contribution in [0.15, 0.2) is 29.5 Å². The number of rotatable bonds is 7. The average molecular weight is 329 g/mol. The molecule has 5 nitrogen and oxygen atoms in total. The summed E-state index contributed by atoms with van der Waals surface area (Å²) < 4.78 is 2.09. The maximum absolute atomic E-state index is 4.71. The number of fused-ring (bicyclic) bond motifs is 1. The van der Waals surface area contributed by atoms with Crippen molar-refractivity contribution in [2.45, 2.75) is 53.0 Å². The summed E-state index contributed by atoms with van der Waals surface area (Å²) in [5.74, 6) is 1.61. The van der Waals surface area contributed by atoms with Gasteiger partial charge in [-0.25, -0.2) is 4.98 Å². The minimum atomic E-state index is 0.427. The van der Waals surface area contributed by atoms with E-state index in [-0.39, 0.29) is 0 Å². The Morgan fingerprint density at radius 2 is 2.08 bits per heavy atom. The van der Waals surface area contributed by atoms with E-state index in [2.05, 4.69) is 66.1 Å². The van der Waals surface area contributed by atoms with E-state index in [1.165, 1.54) is 12.0 Å². The standard InChI is InChI=1S/C19H31N5/c1-14(2)8-9-16(4)22-19(20-5)21-11-10-17-13-24-12-6-7-15(3)18(24)23-17/h6-7,12-14,16H,8-11H2,1-5H3,(H2,20,21,22). The van der Waals surface area contributed by atoms with Gasteiger partial charge in [0.05, 0.1) is 5.69 Å². The maximum atomic E-state index is 4.71. The van der Waals surface area contributed by atoms with Crippen LogP contribution in [0.2, 0.25) is 0 Å². The molecule has 0 aliphatic heterocycles. The number of guanidine groups is 1. The monoisotopic (exact) mass is 329 g/mol. The van der Waals surface area contributed by atoms with Crippen molar-refractivity contribution in [1.82, 2.24) is 20.0 Å². The maximum Gasteiger partial charge on any atom is 0.191 e. The number of hydrogen-bond acceptors (Lipinski definition) is 2. The van der Waals surface area contributed by atoms with Crippen LogP contribution in [0.5, 0.6) is 0 Å². The number of pyridine rings is 1. The molecule has 0 aliphatic carbocycles. The molecular weight excluding hydrogens is 298 g/mol. The predicted octanol–water partition coefficient (Wildman–Crippen LogP) is 3.17. The van der Waals surface area contributed by atoms with Crippen LogP contribution in [0.25, 0.3) is 5.65 Å². The molecule has 0 fully saturated rings. The lowest BCUT2D eigenvalue weighted by Crippen LogP contribution is -2.43. The van der Waals surface area contributed by atoms with Crippen LogP contribution < -0.4 is 10.6 Å². The van der Waals surface area contributed by atoms with Gasteiger partial charge in [0, 0.05) is 38.4 Å². The normalized spacial score (nSPS) is 13.5. The first-order valence-electron chi connectivity index (χ1n) is 8.90. The van der Waals surface area contributed by atoms with Crippen molar-refractivity contribution in [2.75, 3.05) is 13.6 Å². The summed E-state index contributed by atoms with van der Waals surface area (Å²) in [6.45, 7) is 9.64. The molecule has 2 rings (SSSR count). The van der Waals surface area contributed by atoms with Crippen LogP contribution in [0.1, 0.15) is 44.9 Å². The lowest BCUT2D eigenvalue weighted by Gasteiger charge is -2.18. The zero-order chi connectivity index (χ0) is 17.5. The van der Waals surface area contributed by atoms with Crippen molar-refractivity contribution in [3.63, 3.8) is 0 Å². The SMILES string of the molecule is CN=C(NCCc1cn2cccc(C)c2n1)NC(C)CCC(C)C. The quantitative estimate of drug-likeness (QED) is 0.606. The molecule has 5 heteroatoms. The van der Waals surface area contributed by atoms with Crippen molar-refractivity contribution in [3.05, 3.63) is 35.8 Å². The number of nitrogens with one attached hydrogen (secondary N) is 2. The Balaban J connectivity index is 1.81. The number of imidazole rings is 1. The van der Waals surface area contributed by atoms with E-state index in [4.69, 9.17) is 4.98 Å². The minimum absolute atomic E-state index is 0.427. The fourth-order valence-corrected chi connectivity index (χ4v) is 2.72. The van der Waals surface area contributed by atoms with Gasteiger partial charge in [-0.3, -0.25) is 4.99 Å². The van der Waals surface area contributed by atoms with Crippen molar-refractivity contribution in [3.8, 4) is 0 Å². The van der Waals surface area contributed by atoms with Gasteiger partial charge in [-0.05, 0) is 44.2 Å². The molecule has 2 N–H and O–H groups in total. The Kier molecular flexibility index (Phi) is 6.64. The molecule has 0 radical (unpaired) electrons. The van der Waals surface area contributed by atoms with Crippen LogP contribution in [0.3, 0.4) is 0 Å². The Labute approximate surface area is 145 Å². The van der Waals surface area contributed by atoms with Crippen LogP contribution in [-0.2, 0) is 6.42 Å². The van der Waals surface area contributed by atoms with E-state index in [1.807, 2.05) is 13.2 Å². The molecular formula is C19H31N5. The first kappa shape index (κ1) is 18.3. The minimum Gasteiger partial charge on any atom is -0.356 e. The van der Waals surface area contributed by atoms with Crippen LogP contribution in [0, 0.1) is 12.8 Å². The second kappa shape index (κ2) is 8.71. The lowest BCUT2D eigenvalue weighted by atomic mass is 10.0. The Bertz CT molecular complexity index is 671. The third kappa shape index (κ3) is 5.25. The molecule has 0 bridgehead atoms. The molecule has 0 saturated carbocycles. The highest BCUT2D eigenvalue weighted by atomic mass is 15.2. The molecule has 1 unspecified atom stereocenters. The zero-order valence-electron chi connectivity index (χ0n) is 15.6. The van der Waals surface area contributed by atoms with Crippen molar-refractivity contribution < 1.29 is 0 Å². The van der Waals surface area contributed by atoms with Gasteiger partial charge in [0.2, 0.25) is 0 Å². The number of aliphatic imine (C=N–C) groups is 1. The van der Waals surface area contributed by atoms with Gasteiger partial charge in [-0.15, -0.1) is 0 Å². The molecule has 132 valence electrons. The van der Waals surface area contributed by atoms with Gasteiger partial charge in [-0.1, -0.05) is 19.9 Å². The summed E-state index contributed by atoms with van der Waals surface area (Å²) in [6, 6.07) is 4.57. The van der Waals surface area contributed by atoms with E-state index >= 15 is 0 Å². The van der Waals surface area contributed by atoms with E-state index in [1.54, 1.807) is 0 Å². The fourth-order valence-electron chi connectivity index (χ4n) is 2.72. The third-order valence-electron chi connectivity index (χ3n) is 4.19. The smallest absolute Gasteiger partial charge is 0.191 e. The van der Waals surface area contributed by atoms with Crippen molar-refractivity contribution in [2.24, 2.45) is 10.9 Å². The second-order valence-electron chi connectivity index (χ2n) is 6.92. The molecule has 0 amide bonds. The molecule has 0 aliphatic rings. The number of nitrogens with zero attached hydrogens (tertiary/aromatic N) is 3. The largest absolute Gasteiger partial charge is 0.356 e. The van der Waals surface area contributed by atoms with Gasteiger partial charge in [0.15, 0.2) is 5.96 Å². The van der Waals surface area contributed by atoms with Crippen LogP contribution in [0.4, 0.5) is 0 Å². The summed E-state index contributed by atoms with van der Waals surface area (Å²) in [5.41, 5.74) is 3.34. The van der Waals surface area contributed by atoms with Gasteiger partial charge < -0.3 is 15.0 Å². The van der Waals surface area contributed by atoms with E-state index in [0.717, 1.165) is 42.6 Å². The highest BCUT2D eigenvalue weighted by molar-refractivity contribution is 5.79. The Morgan fingerprint density at radius 1 is 1.29 bits per heavy atom. The molecule has 2 heterocycles. The summed E-state index contributed by atoms with van der Waals surface area (Å²) in [5, 5.41) is 6.84. The Hall–Kier alpha value is -2.04. The highest BCUT2D eigenvalue weighted by Gasteiger charge is 2.07. The zero-order valence-corrected chi connectivity index (χ0v) is 15.6. The third-order valence-corrected chi connectivity index (χ3v) is 4.19. The van der Waals surface area contributed by atoms with Gasteiger partial charge in [0.1, 0.15) is 5.65 Å². The first-order chi connectivity index (χ1) is 11.5. The number of hydrogen-bond donors (Lipinski definition) is 2. The number of aromatic nitrogens is 2. The van der Waals surface area contributed by atoms with E-state index in [0.29, 0.717) is 6.04 Å². The van der Waals surface area contributed by atoms with Gasteiger partial charge in [0.25, 0.3) is 0 Å². The summed E-state index contributed by atoms with van der Waals surface area (Å²) in [6.07, 6.45) is 7.41. The highest BCUT2D eigenvalue weighted by Crippen LogP contribution is 2.10. The first-order valence-corrected chi connectivity index (χ1v) is 8.90. The topological polar surface area (TPSA) is 53.7 Å². The predicted molar refractivity (Wildman–Crippen MR) is 102 cm³/mol.